The number of carbonyl (C=O) groups is 8. The van der Waals surface area contributed by atoms with Gasteiger partial charge >= 0.3 is 18.2 Å². The van der Waals surface area contributed by atoms with Crippen molar-refractivity contribution in [2.75, 3.05) is 32.7 Å². The molecule has 5 atom stereocenters. The molecule has 8 N–H and O–H groups in total. The van der Waals surface area contributed by atoms with Crippen molar-refractivity contribution >= 4 is 47.7 Å². The number of carboxylic acid groups (broad SMARTS) is 1. The molecule has 386 valence electrons. The summed E-state index contributed by atoms with van der Waals surface area (Å²) in [6.45, 7) is 16.0. The normalized spacial score (nSPS) is 16.6. The van der Waals surface area contributed by atoms with Crippen LogP contribution in [-0.2, 0) is 51.1 Å². The van der Waals surface area contributed by atoms with Gasteiger partial charge in [0, 0.05) is 51.0 Å². The first-order valence-corrected chi connectivity index (χ1v) is 24.3. The Bertz CT molecular complexity index is 2090. The van der Waals surface area contributed by atoms with Crippen molar-refractivity contribution in [3.63, 3.8) is 0 Å². The largest absolute Gasteiger partial charge is 0.481 e. The SMILES string of the molecule is CC(C)C[C@@H](NC(=O)[C@@H](Cc1ccccc1)NC(=O)[C@@H](Cc1ccccc1)NC(=O)OC(C)(C)C)C(=O)N[C@H](CCCCNC(=O)OC(C)(C)C)C(=O)N1CCC2(CC1)CN(C(=O)[C@H](N)CC(=O)O)C2. The number of ether oxygens (including phenoxy) is 2. The molecule has 0 bridgehead atoms. The highest BCUT2D eigenvalue weighted by molar-refractivity contribution is 5.95. The highest BCUT2D eigenvalue weighted by atomic mass is 16.6. The topological polar surface area (TPSA) is 268 Å². The maximum atomic E-state index is 14.5. The second-order valence-electron chi connectivity index (χ2n) is 21.0. The first-order valence-electron chi connectivity index (χ1n) is 24.3. The number of amides is 7. The van der Waals surface area contributed by atoms with Crippen LogP contribution in [0.3, 0.4) is 0 Å². The Balaban J connectivity index is 1.52. The number of alkyl carbamates (subject to hydrolysis) is 2. The van der Waals surface area contributed by atoms with Crippen molar-refractivity contribution in [3.05, 3.63) is 71.8 Å². The summed E-state index contributed by atoms with van der Waals surface area (Å²) in [4.78, 5) is 110. The molecule has 19 nitrogen and oxygen atoms in total. The van der Waals surface area contributed by atoms with E-state index in [2.05, 4.69) is 26.6 Å². The van der Waals surface area contributed by atoms with E-state index in [1.54, 1.807) is 63.5 Å². The van der Waals surface area contributed by atoms with Gasteiger partial charge in [-0.1, -0.05) is 74.5 Å². The zero-order valence-corrected chi connectivity index (χ0v) is 42.1. The number of carboxylic acids is 1. The molecule has 70 heavy (non-hydrogen) atoms. The lowest BCUT2D eigenvalue weighted by Gasteiger charge is -2.54. The van der Waals surface area contributed by atoms with Crippen molar-refractivity contribution in [3.8, 4) is 0 Å². The summed E-state index contributed by atoms with van der Waals surface area (Å²) < 4.78 is 10.8. The van der Waals surface area contributed by atoms with Crippen LogP contribution in [0.4, 0.5) is 9.59 Å². The molecule has 4 rings (SSSR count). The number of nitrogens with one attached hydrogen (secondary N) is 5. The van der Waals surface area contributed by atoms with E-state index in [0.29, 0.717) is 51.9 Å². The summed E-state index contributed by atoms with van der Waals surface area (Å²) in [5.41, 5.74) is 5.55. The molecule has 2 saturated heterocycles. The van der Waals surface area contributed by atoms with E-state index in [1.807, 2.05) is 62.4 Å². The molecule has 0 saturated carbocycles. The van der Waals surface area contributed by atoms with Crippen LogP contribution in [0.1, 0.15) is 111 Å². The Morgan fingerprint density at radius 1 is 0.643 bits per heavy atom. The molecule has 1 spiro atoms. The van der Waals surface area contributed by atoms with Gasteiger partial charge in [0.25, 0.3) is 0 Å². The van der Waals surface area contributed by atoms with Gasteiger partial charge in [-0.25, -0.2) is 9.59 Å². The third-order valence-corrected chi connectivity index (χ3v) is 12.0. The third kappa shape index (κ3) is 18.9. The van der Waals surface area contributed by atoms with E-state index < -0.39 is 89.6 Å². The van der Waals surface area contributed by atoms with Crippen LogP contribution >= 0.6 is 0 Å². The number of benzene rings is 2. The summed E-state index contributed by atoms with van der Waals surface area (Å²) in [7, 11) is 0. The first kappa shape index (κ1) is 56.3. The van der Waals surface area contributed by atoms with Crippen LogP contribution in [-0.4, -0.2) is 137 Å². The third-order valence-electron chi connectivity index (χ3n) is 12.0. The smallest absolute Gasteiger partial charge is 0.408 e. The lowest BCUT2D eigenvalue weighted by Crippen LogP contribution is -2.65. The fourth-order valence-electron chi connectivity index (χ4n) is 8.49. The van der Waals surface area contributed by atoms with Crippen LogP contribution in [0.5, 0.6) is 0 Å². The minimum atomic E-state index is -1.20. The van der Waals surface area contributed by atoms with Crippen LogP contribution < -0.4 is 32.3 Å². The molecule has 2 aliphatic rings. The maximum absolute atomic E-state index is 14.5. The number of aliphatic carboxylic acids is 1. The molecule has 0 aromatic heterocycles. The van der Waals surface area contributed by atoms with Crippen LogP contribution in [0, 0.1) is 11.3 Å². The molecule has 2 aliphatic heterocycles. The minimum Gasteiger partial charge on any atom is -0.481 e. The van der Waals surface area contributed by atoms with Gasteiger partial charge in [-0.3, -0.25) is 28.8 Å². The second kappa shape index (κ2) is 25.6. The molecule has 0 radical (unpaired) electrons. The van der Waals surface area contributed by atoms with Crippen LogP contribution in [0.25, 0.3) is 0 Å². The van der Waals surface area contributed by atoms with Crippen molar-refractivity contribution < 1.29 is 52.9 Å². The second-order valence-corrected chi connectivity index (χ2v) is 21.0. The zero-order valence-electron chi connectivity index (χ0n) is 42.1. The monoisotopic (exact) mass is 977 g/mol. The van der Waals surface area contributed by atoms with Gasteiger partial charge in [0.05, 0.1) is 12.5 Å². The van der Waals surface area contributed by atoms with Gasteiger partial charge in [0.1, 0.15) is 35.4 Å². The number of carbonyl (C=O) groups excluding carboxylic acids is 7. The van der Waals surface area contributed by atoms with E-state index >= 15 is 0 Å². The summed E-state index contributed by atoms with van der Waals surface area (Å²) in [5, 5.41) is 23.2. The quantitative estimate of drug-likeness (QED) is 0.0831. The van der Waals surface area contributed by atoms with E-state index in [9.17, 15) is 38.4 Å². The van der Waals surface area contributed by atoms with Gasteiger partial charge in [-0.05, 0) is 97.1 Å². The van der Waals surface area contributed by atoms with E-state index in [1.165, 1.54) is 0 Å². The van der Waals surface area contributed by atoms with Gasteiger partial charge in [-0.2, -0.15) is 0 Å². The Labute approximate surface area is 412 Å². The van der Waals surface area contributed by atoms with E-state index in [0.717, 1.165) is 11.1 Å². The van der Waals surface area contributed by atoms with Crippen molar-refractivity contribution in [1.29, 1.82) is 0 Å². The summed E-state index contributed by atoms with van der Waals surface area (Å²) in [6.07, 6.45) is 0.771. The Morgan fingerprint density at radius 3 is 1.61 bits per heavy atom. The summed E-state index contributed by atoms with van der Waals surface area (Å²) in [5.74, 6) is -3.87. The molecule has 2 aromatic rings. The lowest BCUT2D eigenvalue weighted by molar-refractivity contribution is -0.154. The Kier molecular flexibility index (Phi) is 20.6. The number of hydrogen-bond acceptors (Lipinski definition) is 11. The van der Waals surface area contributed by atoms with Crippen LogP contribution in [0.2, 0.25) is 0 Å². The maximum Gasteiger partial charge on any atom is 0.408 e. The zero-order chi connectivity index (χ0) is 51.8. The van der Waals surface area contributed by atoms with E-state index in [-0.39, 0.29) is 49.5 Å². The number of nitrogens with zero attached hydrogens (tertiary/aromatic N) is 2. The lowest BCUT2D eigenvalue weighted by atomic mass is 9.71. The molecule has 2 heterocycles. The number of piperidine rings is 1. The number of likely N-dealkylation sites (tertiary alicyclic amines) is 2. The molecular formula is C51H76N8O11. The molecule has 0 aliphatic carbocycles. The standard InChI is InChI=1S/C51H76N8O11/c1-33(2)27-38(55-43(63)39(28-34-17-11-9-12-18-34)56-44(64)40(29-35-19-13-10-14-20-35)57-48(68)70-50(6,7)8)42(62)54-37(21-15-16-24-53-47(67)69-49(3,4)5)46(66)58-25-22-51(23-26-58)31-59(32-51)45(65)36(52)30-41(60)61/h9-14,17-20,33,36-40H,15-16,21-32,52H2,1-8H3,(H,53,67)(H,54,62)(H,55,63)(H,56,64)(H,57,68)(H,60,61)/t36-,37-,38-,39-,40-/m1/s1. The molecular weight excluding hydrogens is 901 g/mol. The summed E-state index contributed by atoms with van der Waals surface area (Å²) in [6, 6.07) is 12.6. The highest BCUT2D eigenvalue weighted by Crippen LogP contribution is 2.41. The van der Waals surface area contributed by atoms with Crippen molar-refractivity contribution in [1.82, 2.24) is 36.4 Å². The minimum absolute atomic E-state index is 0.0505. The number of hydrogen-bond donors (Lipinski definition) is 7. The molecule has 19 heteroatoms. The predicted octanol–water partition coefficient (Wildman–Crippen LogP) is 3.81. The van der Waals surface area contributed by atoms with E-state index in [4.69, 9.17) is 20.3 Å². The van der Waals surface area contributed by atoms with Crippen molar-refractivity contribution in [2.24, 2.45) is 17.1 Å². The van der Waals surface area contributed by atoms with Gasteiger partial charge in [-0.15, -0.1) is 0 Å². The summed E-state index contributed by atoms with van der Waals surface area (Å²) >= 11 is 0. The number of unbranched alkanes of at least 4 members (excludes halogenated alkanes) is 1. The van der Waals surface area contributed by atoms with Gasteiger partial charge in [0.15, 0.2) is 0 Å². The average Bonchev–Trinajstić information content (AvgIpc) is 3.25. The van der Waals surface area contributed by atoms with Gasteiger partial charge < -0.3 is 56.7 Å². The fourth-order valence-corrected chi connectivity index (χ4v) is 8.49. The Hall–Kier alpha value is -6.24. The molecule has 2 fully saturated rings. The van der Waals surface area contributed by atoms with Crippen molar-refractivity contribution in [2.45, 2.75) is 155 Å². The van der Waals surface area contributed by atoms with Gasteiger partial charge in [0.2, 0.25) is 29.5 Å². The first-order chi connectivity index (χ1) is 32.8. The number of nitrogens with two attached hydrogens (primary N) is 1. The van der Waals surface area contributed by atoms with Crippen LogP contribution in [0.15, 0.2) is 60.7 Å². The molecule has 2 aromatic carbocycles. The fraction of sp³-hybridized carbons (Fsp3) is 0.608. The predicted molar refractivity (Wildman–Crippen MR) is 262 cm³/mol. The molecule has 7 amide bonds. The average molecular weight is 977 g/mol. The Morgan fingerprint density at radius 2 is 1.11 bits per heavy atom. The highest BCUT2D eigenvalue weighted by Gasteiger charge is 2.48. The number of rotatable bonds is 22. The molecule has 0 unspecified atom stereocenters.